The van der Waals surface area contributed by atoms with Crippen LogP contribution in [0.5, 0.6) is 0 Å². The maximum absolute atomic E-state index is 13.2. The number of hydrogen-bond donors (Lipinski definition) is 2. The van der Waals surface area contributed by atoms with Gasteiger partial charge in [-0.1, -0.05) is 43.7 Å². The van der Waals surface area contributed by atoms with Crippen molar-refractivity contribution in [3.05, 3.63) is 46.8 Å². The minimum absolute atomic E-state index is 0.240. The molecule has 2 N–H and O–H groups in total. The summed E-state index contributed by atoms with van der Waals surface area (Å²) < 4.78 is 13.2. The van der Waals surface area contributed by atoms with Gasteiger partial charge >= 0.3 is 0 Å². The Balaban J connectivity index is 1.98. The number of rotatable bonds is 4. The molecule has 0 radical (unpaired) electrons. The van der Waals surface area contributed by atoms with Crippen molar-refractivity contribution in [3.8, 4) is 0 Å². The Morgan fingerprint density at radius 1 is 1.36 bits per heavy atom. The number of aliphatic imine (C=N–C) groups is 1. The highest BCUT2D eigenvalue weighted by atomic mass is 35.5. The summed E-state index contributed by atoms with van der Waals surface area (Å²) in [4.78, 5) is 4.26. The molecule has 0 atom stereocenters. The topological polar surface area (TPSA) is 36.4 Å². The first-order chi connectivity index (χ1) is 10.4. The van der Waals surface area contributed by atoms with Crippen molar-refractivity contribution >= 4 is 17.6 Å². The third-order valence-corrected chi connectivity index (χ3v) is 4.24. The fourth-order valence-corrected chi connectivity index (χ4v) is 2.98. The van der Waals surface area contributed by atoms with Gasteiger partial charge in [-0.2, -0.15) is 0 Å². The molecule has 0 amide bonds. The number of nitrogens with one attached hydrogen (secondary N) is 2. The molecule has 2 rings (SSSR count). The van der Waals surface area contributed by atoms with Crippen molar-refractivity contribution in [1.82, 2.24) is 10.6 Å². The van der Waals surface area contributed by atoms with E-state index in [-0.39, 0.29) is 11.2 Å². The lowest BCUT2D eigenvalue weighted by atomic mass is 9.84. The van der Waals surface area contributed by atoms with Gasteiger partial charge in [-0.05, 0) is 30.5 Å². The Labute approximate surface area is 136 Å². The standard InChI is InChI=1S/C17H23ClFN3/c1-17(2,14-9-8-12(19)10-15(14)18)11-21-16(20-3)22-13-6-4-5-7-13/h4-5,8-10,13H,6-7,11H2,1-3H3,(H2,20,21,22). The summed E-state index contributed by atoms with van der Waals surface area (Å²) in [6.45, 7) is 4.80. The van der Waals surface area contributed by atoms with Gasteiger partial charge in [0.15, 0.2) is 5.96 Å². The number of benzene rings is 1. The maximum Gasteiger partial charge on any atom is 0.191 e. The largest absolute Gasteiger partial charge is 0.356 e. The Kier molecular flexibility index (Phi) is 5.46. The molecule has 0 heterocycles. The van der Waals surface area contributed by atoms with Crippen molar-refractivity contribution in [2.75, 3.05) is 13.6 Å². The smallest absolute Gasteiger partial charge is 0.191 e. The Hall–Kier alpha value is -1.55. The van der Waals surface area contributed by atoms with E-state index < -0.39 is 0 Å². The van der Waals surface area contributed by atoms with E-state index in [1.165, 1.54) is 12.1 Å². The van der Waals surface area contributed by atoms with Crippen molar-refractivity contribution < 1.29 is 4.39 Å². The van der Waals surface area contributed by atoms with E-state index in [1.807, 2.05) is 0 Å². The van der Waals surface area contributed by atoms with Gasteiger partial charge in [0.2, 0.25) is 0 Å². The first-order valence-corrected chi connectivity index (χ1v) is 7.88. The normalized spacial score (nSPS) is 16.1. The van der Waals surface area contributed by atoms with Gasteiger partial charge in [-0.25, -0.2) is 4.39 Å². The SMILES string of the molecule is CN=C(NCC(C)(C)c1ccc(F)cc1Cl)NC1CC=CC1. The van der Waals surface area contributed by atoms with Crippen LogP contribution in [-0.2, 0) is 5.41 Å². The van der Waals surface area contributed by atoms with Crippen LogP contribution in [0.1, 0.15) is 32.3 Å². The van der Waals surface area contributed by atoms with Crippen molar-refractivity contribution in [3.63, 3.8) is 0 Å². The number of hydrogen-bond acceptors (Lipinski definition) is 1. The molecule has 0 aromatic heterocycles. The van der Waals surface area contributed by atoms with Gasteiger partial charge in [0.1, 0.15) is 5.82 Å². The zero-order valence-corrected chi connectivity index (χ0v) is 14.0. The Morgan fingerprint density at radius 2 is 2.05 bits per heavy atom. The fourth-order valence-electron chi connectivity index (χ4n) is 2.56. The molecular formula is C17H23ClFN3. The predicted molar refractivity (Wildman–Crippen MR) is 91.1 cm³/mol. The third kappa shape index (κ3) is 4.23. The fraction of sp³-hybridized carbons (Fsp3) is 0.471. The minimum Gasteiger partial charge on any atom is -0.356 e. The van der Waals surface area contributed by atoms with Crippen LogP contribution >= 0.6 is 11.6 Å². The number of halogens is 2. The van der Waals surface area contributed by atoms with E-state index in [9.17, 15) is 4.39 Å². The molecule has 0 spiro atoms. The molecule has 0 saturated heterocycles. The molecule has 0 fully saturated rings. The molecule has 0 unspecified atom stereocenters. The van der Waals surface area contributed by atoms with E-state index >= 15 is 0 Å². The van der Waals surface area contributed by atoms with Gasteiger partial charge in [0.25, 0.3) is 0 Å². The third-order valence-electron chi connectivity index (χ3n) is 3.93. The van der Waals surface area contributed by atoms with E-state index in [2.05, 4.69) is 41.6 Å². The van der Waals surface area contributed by atoms with E-state index in [1.54, 1.807) is 13.1 Å². The van der Waals surface area contributed by atoms with Crippen molar-refractivity contribution in [2.45, 2.75) is 38.1 Å². The molecule has 120 valence electrons. The minimum atomic E-state index is -0.316. The average Bonchev–Trinajstić information content (AvgIpc) is 2.96. The molecule has 0 saturated carbocycles. The highest BCUT2D eigenvalue weighted by Crippen LogP contribution is 2.29. The maximum atomic E-state index is 13.2. The summed E-state index contributed by atoms with van der Waals surface area (Å²) >= 11 is 6.18. The van der Waals surface area contributed by atoms with Crippen LogP contribution in [0.15, 0.2) is 35.3 Å². The summed E-state index contributed by atoms with van der Waals surface area (Å²) in [6, 6.07) is 4.95. The first kappa shape index (κ1) is 16.8. The summed E-state index contributed by atoms with van der Waals surface area (Å²) in [7, 11) is 1.76. The number of nitrogens with zero attached hydrogens (tertiary/aromatic N) is 1. The molecule has 3 nitrogen and oxygen atoms in total. The summed E-state index contributed by atoms with van der Waals surface area (Å²) in [5.74, 6) is 0.462. The van der Waals surface area contributed by atoms with Gasteiger partial charge in [-0.15, -0.1) is 0 Å². The second-order valence-corrected chi connectivity index (χ2v) is 6.63. The molecule has 0 bridgehead atoms. The Bertz CT molecular complexity index is 573. The van der Waals surface area contributed by atoms with Crippen LogP contribution in [0.25, 0.3) is 0 Å². The molecule has 22 heavy (non-hydrogen) atoms. The van der Waals surface area contributed by atoms with Crippen LogP contribution in [-0.4, -0.2) is 25.6 Å². The van der Waals surface area contributed by atoms with Gasteiger partial charge in [-0.3, -0.25) is 4.99 Å². The summed E-state index contributed by atoms with van der Waals surface area (Å²) in [6.07, 6.45) is 6.39. The van der Waals surface area contributed by atoms with Crippen LogP contribution in [0.3, 0.4) is 0 Å². The quantitative estimate of drug-likeness (QED) is 0.504. The summed E-state index contributed by atoms with van der Waals surface area (Å²) in [5.41, 5.74) is 0.678. The van der Waals surface area contributed by atoms with Crippen molar-refractivity contribution in [1.29, 1.82) is 0 Å². The van der Waals surface area contributed by atoms with Gasteiger partial charge in [0, 0.05) is 30.1 Å². The lowest BCUT2D eigenvalue weighted by Crippen LogP contribution is -2.46. The zero-order valence-electron chi connectivity index (χ0n) is 13.3. The van der Waals surface area contributed by atoms with Crippen LogP contribution in [0, 0.1) is 5.82 Å². The second-order valence-electron chi connectivity index (χ2n) is 6.22. The highest BCUT2D eigenvalue weighted by Gasteiger charge is 2.24. The lowest BCUT2D eigenvalue weighted by Gasteiger charge is -2.28. The lowest BCUT2D eigenvalue weighted by molar-refractivity contribution is 0.502. The molecule has 1 aliphatic carbocycles. The van der Waals surface area contributed by atoms with Crippen LogP contribution in [0.4, 0.5) is 4.39 Å². The van der Waals surface area contributed by atoms with Crippen LogP contribution < -0.4 is 10.6 Å². The molecule has 1 aliphatic rings. The second kappa shape index (κ2) is 7.14. The zero-order chi connectivity index (χ0) is 16.2. The molecular weight excluding hydrogens is 301 g/mol. The number of guanidine groups is 1. The van der Waals surface area contributed by atoms with E-state index in [0.717, 1.165) is 24.4 Å². The predicted octanol–water partition coefficient (Wildman–Crippen LogP) is 3.64. The highest BCUT2D eigenvalue weighted by molar-refractivity contribution is 6.31. The van der Waals surface area contributed by atoms with Crippen molar-refractivity contribution in [2.24, 2.45) is 4.99 Å². The first-order valence-electron chi connectivity index (χ1n) is 7.50. The summed E-state index contributed by atoms with van der Waals surface area (Å²) in [5, 5.41) is 7.19. The molecule has 1 aromatic rings. The molecule has 1 aromatic carbocycles. The molecule has 5 heteroatoms. The van der Waals surface area contributed by atoms with E-state index in [0.29, 0.717) is 17.6 Å². The van der Waals surface area contributed by atoms with E-state index in [4.69, 9.17) is 11.6 Å². The molecule has 0 aliphatic heterocycles. The van der Waals surface area contributed by atoms with Gasteiger partial charge < -0.3 is 10.6 Å². The monoisotopic (exact) mass is 323 g/mol. The average molecular weight is 324 g/mol. The Morgan fingerprint density at radius 3 is 2.64 bits per heavy atom. The van der Waals surface area contributed by atoms with Crippen LogP contribution in [0.2, 0.25) is 5.02 Å². The van der Waals surface area contributed by atoms with Gasteiger partial charge in [0.05, 0.1) is 0 Å².